The van der Waals surface area contributed by atoms with Crippen molar-refractivity contribution in [1.82, 2.24) is 0 Å². The topological polar surface area (TPSA) is 27.7 Å². The molecule has 0 aromatic carbocycles. The summed E-state index contributed by atoms with van der Waals surface area (Å²) in [6, 6.07) is 0. The summed E-state index contributed by atoms with van der Waals surface area (Å²) in [5.74, 6) is 1.96. The van der Waals surface area contributed by atoms with Crippen molar-refractivity contribution in [3.05, 3.63) is 11.6 Å². The smallest absolute Gasteiger partial charge is 0.192 e. The summed E-state index contributed by atoms with van der Waals surface area (Å²) in [4.78, 5) is 0. The first kappa shape index (κ1) is 22.6. The average molecular weight is 447 g/mol. The van der Waals surface area contributed by atoms with Gasteiger partial charge in [-0.1, -0.05) is 46.3 Å². The van der Waals surface area contributed by atoms with Gasteiger partial charge in [0.1, 0.15) is 0 Å². The Labute approximate surface area is 191 Å². The van der Waals surface area contributed by atoms with E-state index >= 15 is 0 Å². The minimum absolute atomic E-state index is 0.156. The Morgan fingerprint density at radius 2 is 1.71 bits per heavy atom. The second kappa shape index (κ2) is 7.17. The molecule has 0 N–H and O–H groups in total. The molecule has 1 heterocycles. The molecule has 1 aliphatic heterocycles. The molecule has 0 radical (unpaired) electrons. The number of hydrogen-bond acceptors (Lipinski definition) is 3. The molecule has 0 aromatic rings. The third-order valence-electron chi connectivity index (χ3n) is 11.0. The number of allylic oxidation sites excluding steroid dienone is 2. The van der Waals surface area contributed by atoms with Crippen LogP contribution in [0.3, 0.4) is 0 Å². The molecule has 4 fully saturated rings. The molecule has 31 heavy (non-hydrogen) atoms. The van der Waals surface area contributed by atoms with Crippen LogP contribution in [0.1, 0.15) is 86.0 Å². The molecule has 3 nitrogen and oxygen atoms in total. The first-order chi connectivity index (χ1) is 14.4. The van der Waals surface area contributed by atoms with Crippen LogP contribution in [-0.4, -0.2) is 33.4 Å². The molecule has 3 saturated carbocycles. The highest BCUT2D eigenvalue weighted by atomic mass is 28.4. The van der Waals surface area contributed by atoms with Crippen LogP contribution in [0, 0.1) is 28.6 Å². The van der Waals surface area contributed by atoms with Crippen LogP contribution in [0.5, 0.6) is 0 Å². The van der Waals surface area contributed by atoms with Crippen molar-refractivity contribution in [3.8, 4) is 0 Å². The van der Waals surface area contributed by atoms with Gasteiger partial charge in [-0.3, -0.25) is 0 Å². The van der Waals surface area contributed by atoms with Gasteiger partial charge in [0.2, 0.25) is 0 Å². The van der Waals surface area contributed by atoms with E-state index in [9.17, 15) is 0 Å². The summed E-state index contributed by atoms with van der Waals surface area (Å²) >= 11 is 0. The quantitative estimate of drug-likeness (QED) is 0.335. The van der Waals surface area contributed by atoms with E-state index in [4.69, 9.17) is 13.9 Å². The lowest BCUT2D eigenvalue weighted by Gasteiger charge is -2.58. The predicted molar refractivity (Wildman–Crippen MR) is 128 cm³/mol. The molecule has 176 valence electrons. The maximum atomic E-state index is 6.91. The molecular weight excluding hydrogens is 400 g/mol. The largest absolute Gasteiger partial charge is 0.414 e. The Kier molecular flexibility index (Phi) is 5.23. The first-order valence-corrected chi connectivity index (χ1v) is 16.0. The van der Waals surface area contributed by atoms with Crippen LogP contribution in [0.4, 0.5) is 0 Å². The van der Waals surface area contributed by atoms with E-state index in [1.807, 2.05) is 5.57 Å². The number of fused-ring (bicyclic) bond motifs is 6. The molecule has 1 spiro atoms. The Morgan fingerprint density at radius 3 is 2.39 bits per heavy atom. The minimum atomic E-state index is -1.70. The van der Waals surface area contributed by atoms with E-state index in [0.29, 0.717) is 16.6 Å². The van der Waals surface area contributed by atoms with Crippen LogP contribution in [0.2, 0.25) is 18.1 Å². The standard InChI is InChI=1S/C27H46O3Si/c1-24(2,3)31(6,7)30-20-10-13-25(4)19(18-20)8-9-21-22(25)11-14-26(5)23(21)12-15-27(26)28-16-17-29-27/h11,19-21,23H,8-10,12-18H2,1-7H3/t19-,20-,21?,23?,25+,26+/m1/s1. The van der Waals surface area contributed by atoms with Gasteiger partial charge in [-0.15, -0.1) is 0 Å². The molecule has 2 unspecified atom stereocenters. The van der Waals surface area contributed by atoms with E-state index in [-0.39, 0.29) is 11.2 Å². The Bertz CT molecular complexity index is 746. The fourth-order valence-corrected chi connectivity index (χ4v) is 9.48. The van der Waals surface area contributed by atoms with Crippen LogP contribution in [0.25, 0.3) is 0 Å². The van der Waals surface area contributed by atoms with Crippen LogP contribution in [0.15, 0.2) is 11.6 Å². The normalized spacial score (nSPS) is 44.5. The summed E-state index contributed by atoms with van der Waals surface area (Å²) in [5.41, 5.74) is 2.35. The lowest BCUT2D eigenvalue weighted by atomic mass is 9.49. The average Bonchev–Trinajstić information content (AvgIpc) is 3.27. The predicted octanol–water partition coefficient (Wildman–Crippen LogP) is 7.08. The zero-order valence-corrected chi connectivity index (χ0v) is 22.2. The molecule has 0 aromatic heterocycles. The lowest BCUT2D eigenvalue weighted by Crippen LogP contribution is -2.53. The van der Waals surface area contributed by atoms with Gasteiger partial charge in [-0.05, 0) is 86.2 Å². The van der Waals surface area contributed by atoms with Crippen molar-refractivity contribution in [2.45, 2.75) is 116 Å². The Balaban J connectivity index is 1.36. The van der Waals surface area contributed by atoms with Gasteiger partial charge >= 0.3 is 0 Å². The van der Waals surface area contributed by atoms with E-state index in [1.54, 1.807) is 0 Å². The zero-order chi connectivity index (χ0) is 22.3. The Morgan fingerprint density at radius 1 is 1.00 bits per heavy atom. The van der Waals surface area contributed by atoms with Crippen molar-refractivity contribution in [3.63, 3.8) is 0 Å². The SMILES string of the molecule is CC(C)(C)[Si](C)(C)O[C@@H]1CC[C@]2(C)C3=CC[C@@]4(C)C(CCC45OCCO5)C3CC[C@@H]2C1. The van der Waals surface area contributed by atoms with E-state index in [2.05, 4.69) is 53.8 Å². The highest BCUT2D eigenvalue weighted by Gasteiger charge is 2.65. The van der Waals surface area contributed by atoms with Crippen LogP contribution in [-0.2, 0) is 13.9 Å². The van der Waals surface area contributed by atoms with Crippen molar-refractivity contribution in [2.75, 3.05) is 13.2 Å². The van der Waals surface area contributed by atoms with Gasteiger partial charge in [0.15, 0.2) is 14.1 Å². The summed E-state index contributed by atoms with van der Waals surface area (Å²) in [7, 11) is -1.70. The molecular formula is C27H46O3Si. The van der Waals surface area contributed by atoms with Crippen LogP contribution >= 0.6 is 0 Å². The van der Waals surface area contributed by atoms with Crippen molar-refractivity contribution < 1.29 is 13.9 Å². The Hall–Kier alpha value is -0.163. The van der Waals surface area contributed by atoms with E-state index < -0.39 is 8.32 Å². The molecule has 6 atom stereocenters. The van der Waals surface area contributed by atoms with E-state index in [0.717, 1.165) is 43.8 Å². The van der Waals surface area contributed by atoms with Gasteiger partial charge in [0, 0.05) is 17.9 Å². The van der Waals surface area contributed by atoms with Gasteiger partial charge in [-0.2, -0.15) is 0 Å². The fourth-order valence-electron chi connectivity index (χ4n) is 8.07. The monoisotopic (exact) mass is 446 g/mol. The fraction of sp³-hybridized carbons (Fsp3) is 0.926. The third-order valence-corrected chi connectivity index (χ3v) is 15.6. The molecule has 1 saturated heterocycles. The van der Waals surface area contributed by atoms with Crippen molar-refractivity contribution in [1.29, 1.82) is 0 Å². The minimum Gasteiger partial charge on any atom is -0.414 e. The second-order valence-corrected chi connectivity index (χ2v) is 18.2. The highest BCUT2D eigenvalue weighted by Crippen LogP contribution is 2.67. The summed E-state index contributed by atoms with van der Waals surface area (Å²) in [6.07, 6.45) is 13.2. The molecule has 0 amide bonds. The van der Waals surface area contributed by atoms with Crippen molar-refractivity contribution in [2.24, 2.45) is 28.6 Å². The zero-order valence-electron chi connectivity index (χ0n) is 21.2. The summed E-state index contributed by atoms with van der Waals surface area (Å²) < 4.78 is 19.5. The van der Waals surface area contributed by atoms with E-state index in [1.165, 1.54) is 38.5 Å². The molecule has 4 heteroatoms. The van der Waals surface area contributed by atoms with Gasteiger partial charge < -0.3 is 13.9 Å². The number of ether oxygens (including phenoxy) is 2. The third kappa shape index (κ3) is 3.21. The number of rotatable bonds is 2. The maximum Gasteiger partial charge on any atom is 0.192 e. The van der Waals surface area contributed by atoms with Gasteiger partial charge in [0.25, 0.3) is 0 Å². The maximum absolute atomic E-state index is 6.91. The van der Waals surface area contributed by atoms with Crippen LogP contribution < -0.4 is 0 Å². The first-order valence-electron chi connectivity index (χ1n) is 13.1. The highest BCUT2D eigenvalue weighted by molar-refractivity contribution is 6.74. The summed E-state index contributed by atoms with van der Waals surface area (Å²) in [6.45, 7) is 18.6. The molecule has 4 aliphatic carbocycles. The molecule has 0 bridgehead atoms. The summed E-state index contributed by atoms with van der Waals surface area (Å²) in [5, 5.41) is 0.296. The van der Waals surface area contributed by atoms with Crippen molar-refractivity contribution >= 4 is 8.32 Å². The second-order valence-electron chi connectivity index (χ2n) is 13.4. The number of hydrogen-bond donors (Lipinski definition) is 0. The molecule has 5 aliphatic rings. The van der Waals surface area contributed by atoms with Gasteiger partial charge in [-0.25, -0.2) is 0 Å². The lowest BCUT2D eigenvalue weighted by molar-refractivity contribution is -0.229. The van der Waals surface area contributed by atoms with Gasteiger partial charge in [0.05, 0.1) is 13.2 Å². The molecule has 5 rings (SSSR count).